The second-order valence-corrected chi connectivity index (χ2v) is 4.47. The average molecular weight is 275 g/mol. The highest BCUT2D eigenvalue weighted by atomic mass is 19.4. The van der Waals surface area contributed by atoms with E-state index < -0.39 is 35.4 Å². The van der Waals surface area contributed by atoms with Crippen LogP contribution in [0.1, 0.15) is 23.6 Å². The Balaban J connectivity index is 2.38. The Morgan fingerprint density at radius 3 is 2.58 bits per heavy atom. The van der Waals surface area contributed by atoms with Crippen LogP contribution in [0.2, 0.25) is 0 Å². The zero-order chi connectivity index (χ0) is 14.2. The molecular weight excluding hydrogens is 263 g/mol. The van der Waals surface area contributed by atoms with Crippen molar-refractivity contribution in [2.45, 2.75) is 18.6 Å². The van der Waals surface area contributed by atoms with Crippen LogP contribution in [0.25, 0.3) is 0 Å². The Labute approximate surface area is 106 Å². The second kappa shape index (κ2) is 4.73. The summed E-state index contributed by atoms with van der Waals surface area (Å²) in [6.07, 6.45) is -4.56. The minimum absolute atomic E-state index is 0.0238. The van der Waals surface area contributed by atoms with E-state index in [1.54, 1.807) is 0 Å². The van der Waals surface area contributed by atoms with Crippen LogP contribution in [-0.4, -0.2) is 22.7 Å². The Hall–Kier alpha value is -1.76. The molecule has 19 heavy (non-hydrogen) atoms. The molecule has 1 aromatic rings. The first kappa shape index (κ1) is 13.7. The lowest BCUT2D eigenvalue weighted by Crippen LogP contribution is -2.19. The third-order valence-electron chi connectivity index (χ3n) is 3.22. The fourth-order valence-electron chi connectivity index (χ4n) is 2.31. The molecule has 1 aliphatic heterocycles. The van der Waals surface area contributed by atoms with Gasteiger partial charge in [-0.3, -0.25) is 4.79 Å². The van der Waals surface area contributed by atoms with Gasteiger partial charge in [0.2, 0.25) is 0 Å². The quantitative estimate of drug-likeness (QED) is 0.773. The predicted molar refractivity (Wildman–Crippen MR) is 59.6 cm³/mol. The number of carbonyl (C=O) groups is 1. The van der Waals surface area contributed by atoms with Crippen LogP contribution >= 0.6 is 0 Å². The zero-order valence-electron chi connectivity index (χ0n) is 9.74. The Morgan fingerprint density at radius 1 is 1.37 bits per heavy atom. The molecule has 1 heterocycles. The van der Waals surface area contributed by atoms with Crippen molar-refractivity contribution in [3.05, 3.63) is 29.3 Å². The summed E-state index contributed by atoms with van der Waals surface area (Å²) < 4.78 is 38.6. The second-order valence-electron chi connectivity index (χ2n) is 4.47. The third kappa shape index (κ3) is 2.65. The van der Waals surface area contributed by atoms with Crippen LogP contribution in [0, 0.1) is 5.92 Å². The summed E-state index contributed by atoms with van der Waals surface area (Å²) in [5, 5.41) is 21.2. The number of carboxylic acid groups (broad SMARTS) is 1. The molecule has 7 heteroatoms. The number of benzene rings is 1. The topological polar surface area (TPSA) is 69.6 Å². The maximum absolute atomic E-state index is 12.9. The summed E-state index contributed by atoms with van der Waals surface area (Å²) in [7, 11) is 0. The van der Waals surface area contributed by atoms with Crippen molar-refractivity contribution < 1.29 is 28.2 Å². The molecule has 0 bridgehead atoms. The highest BCUT2D eigenvalue weighted by Gasteiger charge is 2.39. The van der Waals surface area contributed by atoms with E-state index in [2.05, 4.69) is 5.32 Å². The predicted octanol–water partition coefficient (Wildman–Crippen LogP) is 2.15. The SMILES string of the molecule is O=C(O)C1CNC(c2c(O)cccc2C(F)(F)F)C1. The Morgan fingerprint density at radius 2 is 2.05 bits per heavy atom. The minimum Gasteiger partial charge on any atom is -0.508 e. The standard InChI is InChI=1S/C12H12F3NO3/c13-12(14,15)7-2-1-3-9(17)10(7)8-4-6(5-16-8)11(18)19/h1-3,6,8,16-17H,4-5H2,(H,18,19). The van der Waals surface area contributed by atoms with E-state index in [0.717, 1.165) is 12.1 Å². The number of aromatic hydroxyl groups is 1. The molecule has 0 saturated carbocycles. The van der Waals surface area contributed by atoms with Gasteiger partial charge in [-0.05, 0) is 18.6 Å². The lowest BCUT2D eigenvalue weighted by molar-refractivity contribution is -0.141. The molecule has 104 valence electrons. The first-order chi connectivity index (χ1) is 8.80. The van der Waals surface area contributed by atoms with E-state index >= 15 is 0 Å². The van der Waals surface area contributed by atoms with Gasteiger partial charge in [0.05, 0.1) is 11.5 Å². The molecule has 0 spiro atoms. The number of phenols is 1. The number of nitrogens with one attached hydrogen (secondary N) is 1. The van der Waals surface area contributed by atoms with E-state index in [1.165, 1.54) is 6.07 Å². The molecule has 3 N–H and O–H groups in total. The monoisotopic (exact) mass is 275 g/mol. The van der Waals surface area contributed by atoms with Gasteiger partial charge in [0, 0.05) is 18.2 Å². The van der Waals surface area contributed by atoms with E-state index in [4.69, 9.17) is 5.11 Å². The lowest BCUT2D eigenvalue weighted by Gasteiger charge is -2.19. The maximum Gasteiger partial charge on any atom is 0.416 e. The van der Waals surface area contributed by atoms with Gasteiger partial charge in [0.25, 0.3) is 0 Å². The first-order valence-electron chi connectivity index (χ1n) is 5.66. The first-order valence-corrected chi connectivity index (χ1v) is 5.66. The van der Waals surface area contributed by atoms with Crippen molar-refractivity contribution in [2.24, 2.45) is 5.92 Å². The van der Waals surface area contributed by atoms with E-state index in [9.17, 15) is 23.1 Å². The minimum atomic E-state index is -4.59. The normalized spacial score (nSPS) is 23.5. The van der Waals surface area contributed by atoms with Crippen LogP contribution in [0.4, 0.5) is 13.2 Å². The van der Waals surface area contributed by atoms with Crippen molar-refractivity contribution in [1.82, 2.24) is 5.32 Å². The summed E-state index contributed by atoms with van der Waals surface area (Å²) in [6.45, 7) is 0.0889. The molecule has 4 nitrogen and oxygen atoms in total. The Kier molecular flexibility index (Phi) is 3.40. The average Bonchev–Trinajstić information content (AvgIpc) is 2.76. The molecule has 0 amide bonds. The number of rotatable bonds is 2. The molecule has 2 atom stereocenters. The van der Waals surface area contributed by atoms with Gasteiger partial charge in [-0.2, -0.15) is 13.2 Å². The van der Waals surface area contributed by atoms with Crippen LogP contribution < -0.4 is 5.32 Å². The van der Waals surface area contributed by atoms with Crippen molar-refractivity contribution in [3.8, 4) is 5.75 Å². The van der Waals surface area contributed by atoms with E-state index in [-0.39, 0.29) is 18.5 Å². The number of alkyl halides is 3. The van der Waals surface area contributed by atoms with Gasteiger partial charge in [-0.15, -0.1) is 0 Å². The van der Waals surface area contributed by atoms with Crippen molar-refractivity contribution in [1.29, 1.82) is 0 Å². The number of phenolic OH excluding ortho intramolecular Hbond substituents is 1. The van der Waals surface area contributed by atoms with Crippen LogP contribution in [0.5, 0.6) is 5.75 Å². The summed E-state index contributed by atoms with van der Waals surface area (Å²) in [5.74, 6) is -2.27. The van der Waals surface area contributed by atoms with Crippen molar-refractivity contribution in [3.63, 3.8) is 0 Å². The molecular formula is C12H12F3NO3. The fourth-order valence-corrected chi connectivity index (χ4v) is 2.31. The summed E-state index contributed by atoms with van der Waals surface area (Å²) >= 11 is 0. The van der Waals surface area contributed by atoms with Gasteiger partial charge < -0.3 is 15.5 Å². The summed E-state index contributed by atoms with van der Waals surface area (Å²) in [5.41, 5.74) is -1.21. The molecule has 2 rings (SSSR count). The number of hydrogen-bond acceptors (Lipinski definition) is 3. The zero-order valence-corrected chi connectivity index (χ0v) is 9.74. The van der Waals surface area contributed by atoms with Gasteiger partial charge in [0.15, 0.2) is 0 Å². The molecule has 2 unspecified atom stereocenters. The van der Waals surface area contributed by atoms with Crippen LogP contribution in [-0.2, 0) is 11.0 Å². The van der Waals surface area contributed by atoms with E-state index in [1.807, 2.05) is 0 Å². The van der Waals surface area contributed by atoms with Gasteiger partial charge in [-0.25, -0.2) is 0 Å². The molecule has 1 aliphatic rings. The molecule has 1 aromatic carbocycles. The Bertz CT molecular complexity index is 501. The highest BCUT2D eigenvalue weighted by molar-refractivity contribution is 5.71. The number of aliphatic carboxylic acids is 1. The van der Waals surface area contributed by atoms with Crippen LogP contribution in [0.15, 0.2) is 18.2 Å². The lowest BCUT2D eigenvalue weighted by atomic mass is 9.95. The maximum atomic E-state index is 12.9. The molecule has 1 saturated heterocycles. The smallest absolute Gasteiger partial charge is 0.416 e. The van der Waals surface area contributed by atoms with E-state index in [0.29, 0.717) is 0 Å². The molecule has 1 fully saturated rings. The van der Waals surface area contributed by atoms with Crippen molar-refractivity contribution in [2.75, 3.05) is 6.54 Å². The van der Waals surface area contributed by atoms with Crippen LogP contribution in [0.3, 0.4) is 0 Å². The highest BCUT2D eigenvalue weighted by Crippen LogP contribution is 2.41. The van der Waals surface area contributed by atoms with Gasteiger partial charge >= 0.3 is 12.1 Å². The number of halogens is 3. The summed E-state index contributed by atoms with van der Waals surface area (Å²) in [4.78, 5) is 10.8. The molecule has 0 aliphatic carbocycles. The number of hydrogen-bond donors (Lipinski definition) is 3. The largest absolute Gasteiger partial charge is 0.508 e. The molecule has 0 radical (unpaired) electrons. The van der Waals surface area contributed by atoms with Gasteiger partial charge in [0.1, 0.15) is 5.75 Å². The number of carboxylic acids is 1. The molecule has 0 aromatic heterocycles. The fraction of sp³-hybridized carbons (Fsp3) is 0.417. The van der Waals surface area contributed by atoms with Gasteiger partial charge in [-0.1, -0.05) is 6.07 Å². The third-order valence-corrected chi connectivity index (χ3v) is 3.22. The summed E-state index contributed by atoms with van der Waals surface area (Å²) in [6, 6.07) is 2.36. The van der Waals surface area contributed by atoms with Crippen molar-refractivity contribution >= 4 is 5.97 Å².